The third kappa shape index (κ3) is 4.16. The van der Waals surface area contributed by atoms with Crippen molar-refractivity contribution in [2.75, 3.05) is 13.1 Å². The van der Waals surface area contributed by atoms with Gasteiger partial charge in [0.05, 0.1) is 5.69 Å². The van der Waals surface area contributed by atoms with Gasteiger partial charge in [0.1, 0.15) is 0 Å². The lowest BCUT2D eigenvalue weighted by molar-refractivity contribution is -0.142. The van der Waals surface area contributed by atoms with Gasteiger partial charge in [0, 0.05) is 24.7 Å². The van der Waals surface area contributed by atoms with E-state index < -0.39 is 11.9 Å². The Bertz CT molecular complexity index is 1140. The third-order valence-electron chi connectivity index (χ3n) is 5.90. The smallest absolute Gasteiger partial charge is 0.337 e. The van der Waals surface area contributed by atoms with Crippen LogP contribution in [0.4, 0.5) is 13.2 Å². The zero-order valence-electron chi connectivity index (χ0n) is 18.0. The minimum Gasteiger partial charge on any atom is -0.337 e. The van der Waals surface area contributed by atoms with Gasteiger partial charge in [0.2, 0.25) is 0 Å². The van der Waals surface area contributed by atoms with Crippen LogP contribution in [-0.4, -0.2) is 38.5 Å². The molecule has 1 aliphatic rings. The number of piperidine rings is 1. The van der Waals surface area contributed by atoms with Crippen LogP contribution in [0.1, 0.15) is 47.6 Å². The fraction of sp³-hybridized carbons (Fsp3) is 0.435. The zero-order chi connectivity index (χ0) is 22.5. The van der Waals surface area contributed by atoms with Crippen molar-refractivity contribution in [2.45, 2.75) is 40.3 Å². The molecule has 1 amide bonds. The second-order valence-corrected chi connectivity index (χ2v) is 8.78. The van der Waals surface area contributed by atoms with Gasteiger partial charge in [-0.1, -0.05) is 26.0 Å². The molecule has 2 atom stereocenters. The fourth-order valence-electron chi connectivity index (χ4n) is 4.32. The molecule has 3 heterocycles. The number of aromatic nitrogens is 3. The maximum atomic E-state index is 13.8. The van der Waals surface area contributed by atoms with Crippen LogP contribution in [0.2, 0.25) is 0 Å². The summed E-state index contributed by atoms with van der Waals surface area (Å²) in [6.07, 6.45) is -3.62. The van der Waals surface area contributed by atoms with Crippen molar-refractivity contribution in [3.05, 3.63) is 52.8 Å². The minimum atomic E-state index is -4.64. The van der Waals surface area contributed by atoms with Crippen LogP contribution in [0.3, 0.4) is 0 Å². The summed E-state index contributed by atoms with van der Waals surface area (Å²) in [4.78, 5) is 19.1. The molecular formula is C23H25F3N4O. The number of fused-ring (bicyclic) bond motifs is 1. The van der Waals surface area contributed by atoms with E-state index in [-0.39, 0.29) is 22.9 Å². The summed E-state index contributed by atoms with van der Waals surface area (Å²) < 4.78 is 42.3. The van der Waals surface area contributed by atoms with Crippen molar-refractivity contribution in [3.63, 3.8) is 0 Å². The minimum absolute atomic E-state index is 0.00418. The molecule has 1 fully saturated rings. The van der Waals surface area contributed by atoms with E-state index >= 15 is 0 Å². The van der Waals surface area contributed by atoms with Gasteiger partial charge < -0.3 is 4.90 Å². The predicted molar refractivity (Wildman–Crippen MR) is 112 cm³/mol. The summed E-state index contributed by atoms with van der Waals surface area (Å²) in [5.74, 6) is 0.319. The number of alkyl halides is 3. The molecule has 0 saturated carbocycles. The molecule has 0 unspecified atom stereocenters. The average molecular weight is 430 g/mol. The van der Waals surface area contributed by atoms with Gasteiger partial charge in [-0.25, -0.2) is 9.50 Å². The van der Waals surface area contributed by atoms with Gasteiger partial charge in [0.25, 0.3) is 5.91 Å². The quantitative estimate of drug-likeness (QED) is 0.565. The summed E-state index contributed by atoms with van der Waals surface area (Å²) in [5, 5.41) is 4.01. The molecule has 0 N–H and O–H groups in total. The zero-order valence-corrected chi connectivity index (χ0v) is 18.0. The van der Waals surface area contributed by atoms with Crippen LogP contribution >= 0.6 is 0 Å². The van der Waals surface area contributed by atoms with Gasteiger partial charge >= 0.3 is 6.18 Å². The molecule has 5 nitrogen and oxygen atoms in total. The molecule has 1 aromatic carbocycles. The lowest BCUT2D eigenvalue weighted by Gasteiger charge is -2.34. The highest BCUT2D eigenvalue weighted by Gasteiger charge is 2.36. The lowest BCUT2D eigenvalue weighted by atomic mass is 9.92. The van der Waals surface area contributed by atoms with Crippen LogP contribution in [0, 0.1) is 25.7 Å². The van der Waals surface area contributed by atoms with Gasteiger partial charge in [0.15, 0.2) is 17.0 Å². The Morgan fingerprint density at radius 3 is 2.32 bits per heavy atom. The number of likely N-dealkylation sites (tertiary alicyclic amines) is 1. The predicted octanol–water partition coefficient (Wildman–Crippen LogP) is 5.15. The van der Waals surface area contributed by atoms with Crippen LogP contribution in [0.15, 0.2) is 30.3 Å². The third-order valence-corrected chi connectivity index (χ3v) is 5.90. The topological polar surface area (TPSA) is 50.5 Å². The Morgan fingerprint density at radius 1 is 1.03 bits per heavy atom. The van der Waals surface area contributed by atoms with Gasteiger partial charge in [-0.05, 0) is 55.4 Å². The number of hydrogen-bond donors (Lipinski definition) is 0. The molecule has 0 bridgehead atoms. The van der Waals surface area contributed by atoms with Crippen molar-refractivity contribution >= 4 is 11.6 Å². The number of carbonyl (C=O) groups excluding carboxylic acids is 1. The summed E-state index contributed by atoms with van der Waals surface area (Å²) in [5.41, 5.74) is 1.82. The molecule has 1 saturated heterocycles. The van der Waals surface area contributed by atoms with Crippen LogP contribution in [0.5, 0.6) is 0 Å². The number of carbonyl (C=O) groups is 1. The van der Waals surface area contributed by atoms with E-state index in [1.807, 2.05) is 26.0 Å². The Morgan fingerprint density at radius 2 is 1.71 bits per heavy atom. The first-order chi connectivity index (χ1) is 14.5. The SMILES string of the molecule is Cc1ccc(-c2cc(C(F)(F)F)n3nc(C(=O)N4C[C@@H](C)C[C@H](C)C4)cc3n2)cc1C. The summed E-state index contributed by atoms with van der Waals surface area (Å²) in [7, 11) is 0. The largest absolute Gasteiger partial charge is 0.433 e. The summed E-state index contributed by atoms with van der Waals surface area (Å²) in [6, 6.07) is 7.76. The van der Waals surface area contributed by atoms with Crippen LogP contribution < -0.4 is 0 Å². The first-order valence-electron chi connectivity index (χ1n) is 10.4. The molecule has 1 aliphatic heterocycles. The van der Waals surface area contributed by atoms with Gasteiger partial charge in [-0.3, -0.25) is 4.79 Å². The van der Waals surface area contributed by atoms with E-state index in [0.717, 1.165) is 28.1 Å². The maximum Gasteiger partial charge on any atom is 0.433 e. The normalized spacial score (nSPS) is 19.8. The number of hydrogen-bond acceptors (Lipinski definition) is 3. The molecule has 3 aromatic rings. The average Bonchev–Trinajstić information content (AvgIpc) is 3.11. The second-order valence-electron chi connectivity index (χ2n) is 8.78. The number of aryl methyl sites for hydroxylation is 2. The Kier molecular flexibility index (Phi) is 5.27. The highest BCUT2D eigenvalue weighted by molar-refractivity contribution is 5.93. The number of rotatable bonds is 2. The van der Waals surface area contributed by atoms with Crippen LogP contribution in [0.25, 0.3) is 16.9 Å². The highest BCUT2D eigenvalue weighted by atomic mass is 19.4. The van der Waals surface area contributed by atoms with Crippen LogP contribution in [-0.2, 0) is 6.18 Å². The molecule has 0 aliphatic carbocycles. The van der Waals surface area contributed by atoms with Crippen molar-refractivity contribution in [1.82, 2.24) is 19.5 Å². The molecule has 31 heavy (non-hydrogen) atoms. The molecule has 4 rings (SSSR count). The van der Waals surface area contributed by atoms with E-state index in [0.29, 0.717) is 30.5 Å². The van der Waals surface area contributed by atoms with E-state index in [1.165, 1.54) is 6.07 Å². The van der Waals surface area contributed by atoms with E-state index in [2.05, 4.69) is 23.9 Å². The molecule has 2 aromatic heterocycles. The van der Waals surface area contributed by atoms with Crippen molar-refractivity contribution in [2.24, 2.45) is 11.8 Å². The lowest BCUT2D eigenvalue weighted by Crippen LogP contribution is -2.42. The van der Waals surface area contributed by atoms with Gasteiger partial charge in [-0.2, -0.15) is 18.3 Å². The van der Waals surface area contributed by atoms with Crippen molar-refractivity contribution < 1.29 is 18.0 Å². The maximum absolute atomic E-state index is 13.8. The van der Waals surface area contributed by atoms with Crippen molar-refractivity contribution in [3.8, 4) is 11.3 Å². The molecular weight excluding hydrogens is 405 g/mol. The molecule has 0 radical (unpaired) electrons. The summed E-state index contributed by atoms with van der Waals surface area (Å²) in [6.45, 7) is 9.12. The monoisotopic (exact) mass is 430 g/mol. The number of benzene rings is 1. The fourth-order valence-corrected chi connectivity index (χ4v) is 4.32. The Labute approximate surface area is 178 Å². The van der Waals surface area contributed by atoms with E-state index in [4.69, 9.17) is 0 Å². The molecule has 0 spiro atoms. The Hall–Kier alpha value is -2.90. The molecule has 8 heteroatoms. The number of halogens is 3. The molecule has 164 valence electrons. The first kappa shape index (κ1) is 21.3. The number of amides is 1. The Balaban J connectivity index is 1.80. The first-order valence-corrected chi connectivity index (χ1v) is 10.4. The van der Waals surface area contributed by atoms with E-state index in [1.54, 1.807) is 11.0 Å². The summed E-state index contributed by atoms with van der Waals surface area (Å²) >= 11 is 0. The van der Waals surface area contributed by atoms with Crippen molar-refractivity contribution in [1.29, 1.82) is 0 Å². The number of nitrogens with zero attached hydrogens (tertiary/aromatic N) is 4. The standard InChI is InChI=1S/C23H25F3N4O/c1-13-7-14(2)12-29(11-13)22(31)19-10-21-27-18(17-6-5-15(3)16(4)8-17)9-20(23(24,25)26)30(21)28-19/h5-6,8-10,13-14H,7,11-12H2,1-4H3/t13-,14-/m0/s1. The second kappa shape index (κ2) is 7.66. The highest BCUT2D eigenvalue weighted by Crippen LogP contribution is 2.33. The van der Waals surface area contributed by atoms with Gasteiger partial charge in [-0.15, -0.1) is 0 Å². The van der Waals surface area contributed by atoms with E-state index in [9.17, 15) is 18.0 Å².